The number of carbonyl (C=O) groups is 1. The number of hydrogen-bond donors (Lipinski definition) is 1. The monoisotopic (exact) mass is 271 g/mol. The van der Waals surface area contributed by atoms with Crippen LogP contribution >= 0.6 is 0 Å². The van der Waals surface area contributed by atoms with E-state index in [9.17, 15) is 9.90 Å². The van der Waals surface area contributed by atoms with Crippen molar-refractivity contribution in [3.63, 3.8) is 0 Å². The van der Waals surface area contributed by atoms with Crippen LogP contribution < -0.4 is 4.74 Å². The molecule has 2 aromatic heterocycles. The number of benzene rings is 1. The van der Waals surface area contributed by atoms with Gasteiger partial charge in [0, 0.05) is 18.7 Å². The molecule has 0 aliphatic carbocycles. The Kier molecular flexibility index (Phi) is 2.95. The maximum atomic E-state index is 11.3. The zero-order chi connectivity index (χ0) is 14.1. The summed E-state index contributed by atoms with van der Waals surface area (Å²) in [6, 6.07) is 10.8. The number of fused-ring (bicyclic) bond motifs is 1. The Balaban J connectivity index is 2.01. The number of aromatic nitrogens is 1. The minimum Gasteiger partial charge on any atom is -0.497 e. The molecule has 0 saturated heterocycles. The Hall–Kier alpha value is -2.69. The van der Waals surface area contributed by atoms with Crippen LogP contribution in [0.2, 0.25) is 0 Å². The lowest BCUT2D eigenvalue weighted by Crippen LogP contribution is -2.09. The molecule has 0 fully saturated rings. The third kappa shape index (κ3) is 2.03. The van der Waals surface area contributed by atoms with Crippen LogP contribution in [0.1, 0.15) is 16.1 Å². The number of ether oxygens (including phenoxy) is 1. The average molecular weight is 271 g/mol. The van der Waals surface area contributed by atoms with Crippen LogP contribution in [-0.2, 0) is 6.54 Å². The standard InChI is InChI=1S/C15H13NO4/c1-19-11-4-2-10(3-5-11)9-16-12-6-7-20-14(12)8-13(16)15(17)18/h2-8H,9H2,1H3,(H,17,18). The molecule has 102 valence electrons. The SMILES string of the molecule is COc1ccc(Cn2c(C(=O)O)cc3occc32)cc1. The van der Waals surface area contributed by atoms with Crippen molar-refractivity contribution in [2.45, 2.75) is 6.54 Å². The average Bonchev–Trinajstić information content (AvgIpc) is 3.02. The molecule has 0 bridgehead atoms. The van der Waals surface area contributed by atoms with Crippen LogP contribution in [0.5, 0.6) is 5.75 Å². The van der Waals surface area contributed by atoms with Crippen molar-refractivity contribution in [2.24, 2.45) is 0 Å². The molecule has 1 aromatic carbocycles. The Morgan fingerprint density at radius 3 is 2.70 bits per heavy atom. The summed E-state index contributed by atoms with van der Waals surface area (Å²) in [4.78, 5) is 11.3. The van der Waals surface area contributed by atoms with E-state index in [-0.39, 0.29) is 5.69 Å². The second kappa shape index (κ2) is 4.77. The van der Waals surface area contributed by atoms with Crippen LogP contribution in [0.15, 0.2) is 47.1 Å². The molecule has 5 heteroatoms. The van der Waals surface area contributed by atoms with E-state index in [1.54, 1.807) is 30.1 Å². The largest absolute Gasteiger partial charge is 0.497 e. The summed E-state index contributed by atoms with van der Waals surface area (Å²) in [7, 11) is 1.61. The number of rotatable bonds is 4. The van der Waals surface area contributed by atoms with Gasteiger partial charge < -0.3 is 18.8 Å². The van der Waals surface area contributed by atoms with E-state index in [0.29, 0.717) is 12.1 Å². The van der Waals surface area contributed by atoms with Crippen molar-refractivity contribution in [2.75, 3.05) is 7.11 Å². The van der Waals surface area contributed by atoms with E-state index >= 15 is 0 Å². The molecule has 0 atom stereocenters. The molecule has 3 rings (SSSR count). The molecular formula is C15H13NO4. The second-order valence-corrected chi connectivity index (χ2v) is 4.44. The van der Waals surface area contributed by atoms with Gasteiger partial charge in [-0.1, -0.05) is 12.1 Å². The Morgan fingerprint density at radius 2 is 2.05 bits per heavy atom. The Morgan fingerprint density at radius 1 is 1.30 bits per heavy atom. The van der Waals surface area contributed by atoms with Crippen molar-refractivity contribution in [3.05, 3.63) is 53.9 Å². The molecule has 0 unspecified atom stereocenters. The summed E-state index contributed by atoms with van der Waals surface area (Å²) >= 11 is 0. The molecular weight excluding hydrogens is 258 g/mol. The molecule has 20 heavy (non-hydrogen) atoms. The van der Waals surface area contributed by atoms with Gasteiger partial charge in [-0.05, 0) is 17.7 Å². The molecule has 1 N–H and O–H groups in total. The predicted molar refractivity (Wildman–Crippen MR) is 73.3 cm³/mol. The van der Waals surface area contributed by atoms with Crippen molar-refractivity contribution in [1.29, 1.82) is 0 Å². The number of carboxylic acids is 1. The number of hydrogen-bond acceptors (Lipinski definition) is 3. The number of methoxy groups -OCH3 is 1. The van der Waals surface area contributed by atoms with E-state index in [1.807, 2.05) is 24.3 Å². The van der Waals surface area contributed by atoms with Crippen LogP contribution in [0, 0.1) is 0 Å². The molecule has 3 aromatic rings. The molecule has 0 amide bonds. The summed E-state index contributed by atoms with van der Waals surface area (Å²) in [5.74, 6) is -0.196. The number of carboxylic acid groups (broad SMARTS) is 1. The van der Waals surface area contributed by atoms with Gasteiger partial charge in [0.15, 0.2) is 5.58 Å². The summed E-state index contributed by atoms with van der Waals surface area (Å²) in [6.07, 6.45) is 1.56. The highest BCUT2D eigenvalue weighted by molar-refractivity contribution is 5.92. The summed E-state index contributed by atoms with van der Waals surface area (Å²) in [5.41, 5.74) is 2.57. The minimum absolute atomic E-state index is 0.218. The predicted octanol–water partition coefficient (Wildman–Crippen LogP) is 2.99. The van der Waals surface area contributed by atoms with E-state index in [1.165, 1.54) is 0 Å². The lowest BCUT2D eigenvalue weighted by atomic mass is 10.2. The summed E-state index contributed by atoms with van der Waals surface area (Å²) in [6.45, 7) is 0.467. The fourth-order valence-corrected chi connectivity index (χ4v) is 2.24. The van der Waals surface area contributed by atoms with Crippen molar-refractivity contribution in [3.8, 4) is 5.75 Å². The minimum atomic E-state index is -0.968. The highest BCUT2D eigenvalue weighted by Crippen LogP contribution is 2.23. The first-order valence-corrected chi connectivity index (χ1v) is 6.12. The van der Waals surface area contributed by atoms with Gasteiger partial charge in [0.05, 0.1) is 18.9 Å². The number of aromatic carboxylic acids is 1. The fraction of sp³-hybridized carbons (Fsp3) is 0.133. The molecule has 5 nitrogen and oxygen atoms in total. The van der Waals surface area contributed by atoms with Crippen LogP contribution in [-0.4, -0.2) is 22.8 Å². The van der Waals surface area contributed by atoms with Gasteiger partial charge in [-0.3, -0.25) is 0 Å². The van der Waals surface area contributed by atoms with E-state index in [4.69, 9.17) is 9.15 Å². The lowest BCUT2D eigenvalue weighted by molar-refractivity contribution is 0.0686. The van der Waals surface area contributed by atoms with E-state index in [2.05, 4.69) is 0 Å². The quantitative estimate of drug-likeness (QED) is 0.792. The lowest BCUT2D eigenvalue weighted by Gasteiger charge is -2.08. The first-order chi connectivity index (χ1) is 9.69. The van der Waals surface area contributed by atoms with E-state index < -0.39 is 5.97 Å². The van der Waals surface area contributed by atoms with Gasteiger partial charge in [-0.2, -0.15) is 0 Å². The van der Waals surface area contributed by atoms with Crippen LogP contribution in [0.25, 0.3) is 11.1 Å². The zero-order valence-electron chi connectivity index (χ0n) is 10.9. The highest BCUT2D eigenvalue weighted by Gasteiger charge is 2.16. The number of nitrogens with zero attached hydrogens (tertiary/aromatic N) is 1. The normalized spacial score (nSPS) is 10.8. The van der Waals surface area contributed by atoms with Gasteiger partial charge in [-0.25, -0.2) is 4.79 Å². The van der Waals surface area contributed by atoms with Gasteiger partial charge in [0.2, 0.25) is 0 Å². The van der Waals surface area contributed by atoms with Gasteiger partial charge in [0.25, 0.3) is 0 Å². The van der Waals surface area contributed by atoms with Crippen molar-refractivity contribution in [1.82, 2.24) is 4.57 Å². The van der Waals surface area contributed by atoms with Gasteiger partial charge >= 0.3 is 5.97 Å². The summed E-state index contributed by atoms with van der Waals surface area (Å²) < 4.78 is 12.1. The van der Waals surface area contributed by atoms with Gasteiger partial charge in [0.1, 0.15) is 11.4 Å². The molecule has 0 aliphatic rings. The molecule has 0 aliphatic heterocycles. The van der Waals surface area contributed by atoms with E-state index in [0.717, 1.165) is 16.8 Å². The zero-order valence-corrected chi connectivity index (χ0v) is 10.9. The highest BCUT2D eigenvalue weighted by atomic mass is 16.5. The first-order valence-electron chi connectivity index (χ1n) is 6.12. The third-order valence-corrected chi connectivity index (χ3v) is 3.24. The van der Waals surface area contributed by atoms with Crippen LogP contribution in [0.4, 0.5) is 0 Å². The fourth-order valence-electron chi connectivity index (χ4n) is 2.24. The molecule has 0 radical (unpaired) electrons. The maximum absolute atomic E-state index is 11.3. The molecule has 0 saturated carbocycles. The number of furan rings is 1. The second-order valence-electron chi connectivity index (χ2n) is 4.44. The maximum Gasteiger partial charge on any atom is 0.352 e. The Labute approximate surface area is 115 Å². The molecule has 2 heterocycles. The van der Waals surface area contributed by atoms with Crippen LogP contribution in [0.3, 0.4) is 0 Å². The summed E-state index contributed by atoms with van der Waals surface area (Å²) in [5, 5.41) is 9.26. The van der Waals surface area contributed by atoms with Gasteiger partial charge in [-0.15, -0.1) is 0 Å². The Bertz CT molecular complexity index is 752. The smallest absolute Gasteiger partial charge is 0.352 e. The van der Waals surface area contributed by atoms with Crippen molar-refractivity contribution < 1.29 is 19.1 Å². The molecule has 0 spiro atoms. The van der Waals surface area contributed by atoms with Crippen molar-refractivity contribution >= 4 is 17.1 Å². The third-order valence-electron chi connectivity index (χ3n) is 3.24. The first kappa shape index (κ1) is 12.3. The topological polar surface area (TPSA) is 64.6 Å².